The third-order valence-electron chi connectivity index (χ3n) is 5.78. The van der Waals surface area contributed by atoms with E-state index in [2.05, 4.69) is 20.4 Å². The van der Waals surface area contributed by atoms with Gasteiger partial charge in [-0.2, -0.15) is 0 Å². The lowest BCUT2D eigenvalue weighted by molar-refractivity contribution is -0.120. The quantitative estimate of drug-likeness (QED) is 0.741. The molecule has 3 saturated carbocycles. The Morgan fingerprint density at radius 2 is 2.25 bits per heavy atom. The van der Waals surface area contributed by atoms with Crippen molar-refractivity contribution in [3.63, 3.8) is 0 Å². The molecular weight excluding hydrogens is 200 g/mol. The van der Waals surface area contributed by atoms with E-state index in [1.807, 2.05) is 6.08 Å². The molecule has 16 heavy (non-hydrogen) atoms. The summed E-state index contributed by atoms with van der Waals surface area (Å²) >= 11 is 0. The standard InChI is InChI=1S/C14H20O2/c1-4-5-6-14(16)8-12(2)7-9(15)10-11(14)13(10,12)3/h4,10-11,16H,1,5-8H2,2-3H3/t10-,11+,12+,13-,14-/m1/s1. The summed E-state index contributed by atoms with van der Waals surface area (Å²) in [5.41, 5.74) is -0.455. The number of fused-ring (bicyclic) bond motifs is 1. The molecule has 0 unspecified atom stereocenters. The number of Topliss-reactive ketones (excluding diaryl/α,β-unsaturated/α-hetero) is 1. The molecule has 0 spiro atoms. The SMILES string of the molecule is C=CCC[C@@]1(O)C[C@]2(C)CC(=O)[C@@H]3[C@H]1[C@@]32C. The molecule has 0 aromatic rings. The first kappa shape index (κ1) is 10.5. The van der Waals surface area contributed by atoms with Gasteiger partial charge in [0.15, 0.2) is 0 Å². The van der Waals surface area contributed by atoms with Crippen LogP contribution in [0.15, 0.2) is 12.7 Å². The van der Waals surface area contributed by atoms with Crippen LogP contribution in [0.25, 0.3) is 0 Å². The third kappa shape index (κ3) is 0.874. The highest BCUT2D eigenvalue weighted by Crippen LogP contribution is 2.84. The third-order valence-corrected chi connectivity index (χ3v) is 5.78. The Morgan fingerprint density at radius 3 is 2.75 bits per heavy atom. The van der Waals surface area contributed by atoms with Crippen LogP contribution in [0, 0.1) is 22.7 Å². The fourth-order valence-corrected chi connectivity index (χ4v) is 4.97. The van der Waals surface area contributed by atoms with Crippen molar-refractivity contribution in [2.45, 2.75) is 45.1 Å². The van der Waals surface area contributed by atoms with Crippen LogP contribution in [0.1, 0.15) is 39.5 Å². The van der Waals surface area contributed by atoms with E-state index in [4.69, 9.17) is 0 Å². The summed E-state index contributed by atoms with van der Waals surface area (Å²) in [6, 6.07) is 0. The van der Waals surface area contributed by atoms with Gasteiger partial charge in [0, 0.05) is 18.3 Å². The van der Waals surface area contributed by atoms with Crippen LogP contribution in [0.4, 0.5) is 0 Å². The normalized spacial score (nSPS) is 57.6. The molecule has 0 amide bonds. The van der Waals surface area contributed by atoms with Crippen LogP contribution in [-0.4, -0.2) is 16.5 Å². The molecule has 3 aliphatic rings. The van der Waals surface area contributed by atoms with Crippen molar-refractivity contribution in [3.05, 3.63) is 12.7 Å². The molecule has 0 aromatic heterocycles. The molecule has 1 N–H and O–H groups in total. The Morgan fingerprint density at radius 1 is 1.56 bits per heavy atom. The maximum absolute atomic E-state index is 11.9. The average Bonchev–Trinajstić information content (AvgIpc) is 2.76. The highest BCUT2D eigenvalue weighted by Gasteiger charge is 2.86. The lowest BCUT2D eigenvalue weighted by Gasteiger charge is -2.30. The van der Waals surface area contributed by atoms with Gasteiger partial charge < -0.3 is 5.11 Å². The number of hydrogen-bond donors (Lipinski definition) is 1. The lowest BCUT2D eigenvalue weighted by Crippen LogP contribution is -2.31. The Balaban J connectivity index is 1.95. The van der Waals surface area contributed by atoms with Crippen molar-refractivity contribution < 1.29 is 9.90 Å². The van der Waals surface area contributed by atoms with Crippen molar-refractivity contribution in [3.8, 4) is 0 Å². The number of aliphatic hydroxyl groups is 1. The van der Waals surface area contributed by atoms with E-state index in [1.54, 1.807) is 0 Å². The molecule has 3 aliphatic carbocycles. The van der Waals surface area contributed by atoms with E-state index in [1.165, 1.54) is 0 Å². The summed E-state index contributed by atoms with van der Waals surface area (Å²) in [6.45, 7) is 8.12. The van der Waals surface area contributed by atoms with Gasteiger partial charge in [-0.05, 0) is 30.1 Å². The topological polar surface area (TPSA) is 37.3 Å². The number of carbonyl (C=O) groups is 1. The first-order chi connectivity index (χ1) is 7.39. The molecule has 5 atom stereocenters. The molecule has 0 saturated heterocycles. The minimum absolute atomic E-state index is 0.0509. The number of hydrogen-bond acceptors (Lipinski definition) is 2. The Kier molecular flexibility index (Phi) is 1.72. The van der Waals surface area contributed by atoms with Gasteiger partial charge in [-0.1, -0.05) is 19.9 Å². The van der Waals surface area contributed by atoms with Crippen molar-refractivity contribution >= 4 is 5.78 Å². The zero-order chi connectivity index (χ0) is 11.8. The zero-order valence-electron chi connectivity index (χ0n) is 10.1. The maximum atomic E-state index is 11.9. The molecule has 88 valence electrons. The molecule has 0 aromatic carbocycles. The van der Waals surface area contributed by atoms with E-state index in [0.29, 0.717) is 12.2 Å². The fourth-order valence-electron chi connectivity index (χ4n) is 4.97. The van der Waals surface area contributed by atoms with Crippen LogP contribution in [0.5, 0.6) is 0 Å². The largest absolute Gasteiger partial charge is 0.390 e. The van der Waals surface area contributed by atoms with Crippen molar-refractivity contribution in [2.24, 2.45) is 22.7 Å². The molecule has 2 nitrogen and oxygen atoms in total. The van der Waals surface area contributed by atoms with Gasteiger partial charge in [-0.3, -0.25) is 4.79 Å². The Bertz CT molecular complexity index is 386. The molecule has 0 radical (unpaired) electrons. The molecule has 2 heteroatoms. The smallest absolute Gasteiger partial charge is 0.137 e. The van der Waals surface area contributed by atoms with E-state index >= 15 is 0 Å². The Labute approximate surface area is 96.7 Å². The zero-order valence-corrected chi connectivity index (χ0v) is 10.1. The fraction of sp³-hybridized carbons (Fsp3) is 0.786. The first-order valence-electron chi connectivity index (χ1n) is 6.25. The Hall–Kier alpha value is -0.630. The van der Waals surface area contributed by atoms with Gasteiger partial charge in [0.2, 0.25) is 0 Å². The van der Waals surface area contributed by atoms with Gasteiger partial charge in [-0.15, -0.1) is 6.58 Å². The highest BCUT2D eigenvalue weighted by molar-refractivity contribution is 5.91. The van der Waals surface area contributed by atoms with E-state index in [9.17, 15) is 9.90 Å². The van der Waals surface area contributed by atoms with Gasteiger partial charge in [0.25, 0.3) is 0 Å². The van der Waals surface area contributed by atoms with E-state index in [0.717, 1.165) is 19.3 Å². The van der Waals surface area contributed by atoms with E-state index in [-0.39, 0.29) is 22.7 Å². The second-order valence-corrected chi connectivity index (χ2v) is 6.55. The van der Waals surface area contributed by atoms with Gasteiger partial charge >= 0.3 is 0 Å². The monoisotopic (exact) mass is 220 g/mol. The summed E-state index contributed by atoms with van der Waals surface area (Å²) in [6.07, 6.45) is 4.97. The van der Waals surface area contributed by atoms with Crippen molar-refractivity contribution in [1.29, 1.82) is 0 Å². The van der Waals surface area contributed by atoms with E-state index < -0.39 is 5.60 Å². The number of allylic oxidation sites excluding steroid dienone is 1. The van der Waals surface area contributed by atoms with Crippen LogP contribution in [-0.2, 0) is 4.79 Å². The van der Waals surface area contributed by atoms with Gasteiger partial charge in [-0.25, -0.2) is 0 Å². The van der Waals surface area contributed by atoms with Crippen LogP contribution in [0.3, 0.4) is 0 Å². The lowest BCUT2D eigenvalue weighted by atomic mass is 9.76. The molecule has 0 aliphatic heterocycles. The van der Waals surface area contributed by atoms with Crippen LogP contribution in [0.2, 0.25) is 0 Å². The predicted molar refractivity (Wildman–Crippen MR) is 61.8 cm³/mol. The highest BCUT2D eigenvalue weighted by atomic mass is 16.3. The minimum Gasteiger partial charge on any atom is -0.390 e. The number of carbonyl (C=O) groups excluding carboxylic acids is 1. The van der Waals surface area contributed by atoms with Crippen LogP contribution < -0.4 is 0 Å². The summed E-state index contributed by atoms with van der Waals surface area (Å²) < 4.78 is 0. The molecule has 0 heterocycles. The summed E-state index contributed by atoms with van der Waals surface area (Å²) in [5, 5.41) is 10.8. The van der Waals surface area contributed by atoms with Gasteiger partial charge in [0.05, 0.1) is 5.60 Å². The first-order valence-corrected chi connectivity index (χ1v) is 6.25. The summed E-state index contributed by atoms with van der Waals surface area (Å²) in [4.78, 5) is 11.9. The number of rotatable bonds is 3. The van der Waals surface area contributed by atoms with Crippen molar-refractivity contribution in [2.75, 3.05) is 0 Å². The molecule has 0 bridgehead atoms. The summed E-state index contributed by atoms with van der Waals surface area (Å²) in [7, 11) is 0. The predicted octanol–water partition coefficient (Wildman–Crippen LogP) is 2.32. The molecular formula is C14H20O2. The van der Waals surface area contributed by atoms with Crippen molar-refractivity contribution in [1.82, 2.24) is 0 Å². The summed E-state index contributed by atoms with van der Waals surface area (Å²) in [5.74, 6) is 0.775. The number of ketones is 1. The van der Waals surface area contributed by atoms with Crippen LogP contribution >= 0.6 is 0 Å². The molecule has 3 rings (SSSR count). The minimum atomic E-state index is -0.603. The molecule has 3 fully saturated rings. The second-order valence-electron chi connectivity index (χ2n) is 6.55. The van der Waals surface area contributed by atoms with Gasteiger partial charge in [0.1, 0.15) is 5.78 Å². The second kappa shape index (κ2) is 2.61. The maximum Gasteiger partial charge on any atom is 0.137 e. The average molecular weight is 220 g/mol.